The number of rotatable bonds is 4. The molecule has 0 saturated carbocycles. The molecule has 0 radical (unpaired) electrons. The van der Waals surface area contributed by atoms with Crippen LogP contribution in [0.4, 0.5) is 11.4 Å². The predicted octanol–water partition coefficient (Wildman–Crippen LogP) is 4.23. The highest BCUT2D eigenvalue weighted by molar-refractivity contribution is 7.98. The van der Waals surface area contributed by atoms with E-state index in [1.54, 1.807) is 18.9 Å². The van der Waals surface area contributed by atoms with Crippen LogP contribution in [-0.4, -0.2) is 18.5 Å². The van der Waals surface area contributed by atoms with Gasteiger partial charge in [-0.1, -0.05) is 18.2 Å². The first-order valence-corrected chi connectivity index (χ1v) is 7.71. The number of hydrogen-bond donors (Lipinski definition) is 2. The Morgan fingerprint density at radius 2 is 1.90 bits per heavy atom. The molecule has 0 bridgehead atoms. The third kappa shape index (κ3) is 3.88. The van der Waals surface area contributed by atoms with E-state index < -0.39 is 0 Å². The fourth-order valence-corrected chi connectivity index (χ4v) is 2.51. The first-order valence-electron chi connectivity index (χ1n) is 6.08. The van der Waals surface area contributed by atoms with Crippen molar-refractivity contribution in [1.82, 2.24) is 0 Å². The number of para-hydroxylation sites is 1. The van der Waals surface area contributed by atoms with Crippen molar-refractivity contribution in [2.75, 3.05) is 24.0 Å². The van der Waals surface area contributed by atoms with E-state index in [-0.39, 0.29) is 0 Å². The Morgan fingerprint density at radius 3 is 2.65 bits per heavy atom. The zero-order valence-electron chi connectivity index (χ0n) is 11.3. The van der Waals surface area contributed by atoms with Gasteiger partial charge < -0.3 is 15.4 Å². The van der Waals surface area contributed by atoms with Gasteiger partial charge in [0.2, 0.25) is 0 Å². The summed E-state index contributed by atoms with van der Waals surface area (Å²) >= 11 is 7.01. The second-order valence-corrected chi connectivity index (χ2v) is 5.27. The smallest absolute Gasteiger partial charge is 0.175 e. The fraction of sp³-hybridized carbons (Fsp3) is 0.133. The molecule has 2 aromatic carbocycles. The highest BCUT2D eigenvalue weighted by Gasteiger charge is 2.03. The molecular weight excluding hydrogens is 288 g/mol. The molecule has 2 N–H and O–H groups in total. The van der Waals surface area contributed by atoms with Crippen LogP contribution in [0.5, 0.6) is 5.75 Å². The molecule has 0 fully saturated rings. The van der Waals surface area contributed by atoms with Crippen molar-refractivity contribution in [2.24, 2.45) is 0 Å². The number of benzene rings is 2. The van der Waals surface area contributed by atoms with Gasteiger partial charge in [-0.05, 0) is 42.7 Å². The SMILES string of the molecule is COc1cccc(NC(=S)Nc2ccccc2SC)c1. The molecule has 104 valence electrons. The normalized spacial score (nSPS) is 9.90. The van der Waals surface area contributed by atoms with Gasteiger partial charge in [0.1, 0.15) is 5.75 Å². The zero-order chi connectivity index (χ0) is 14.4. The van der Waals surface area contributed by atoms with Gasteiger partial charge in [-0.25, -0.2) is 0 Å². The second-order valence-electron chi connectivity index (χ2n) is 4.01. The van der Waals surface area contributed by atoms with Crippen LogP contribution in [-0.2, 0) is 0 Å². The van der Waals surface area contributed by atoms with E-state index in [9.17, 15) is 0 Å². The van der Waals surface area contributed by atoms with E-state index in [4.69, 9.17) is 17.0 Å². The number of thioether (sulfide) groups is 1. The topological polar surface area (TPSA) is 33.3 Å². The van der Waals surface area contributed by atoms with Gasteiger partial charge in [0.05, 0.1) is 12.8 Å². The minimum atomic E-state index is 0.555. The molecule has 0 atom stereocenters. The molecule has 0 amide bonds. The number of nitrogens with one attached hydrogen (secondary N) is 2. The number of methoxy groups -OCH3 is 1. The van der Waals surface area contributed by atoms with Crippen molar-refractivity contribution in [1.29, 1.82) is 0 Å². The Hall–Kier alpha value is -1.72. The molecule has 0 unspecified atom stereocenters. The summed E-state index contributed by atoms with van der Waals surface area (Å²) in [4.78, 5) is 1.15. The predicted molar refractivity (Wildman–Crippen MR) is 91.1 cm³/mol. The lowest BCUT2D eigenvalue weighted by molar-refractivity contribution is 0.415. The summed E-state index contributed by atoms with van der Waals surface area (Å²) < 4.78 is 5.18. The van der Waals surface area contributed by atoms with Crippen LogP contribution < -0.4 is 15.4 Å². The van der Waals surface area contributed by atoms with Gasteiger partial charge in [0, 0.05) is 16.6 Å². The van der Waals surface area contributed by atoms with Crippen LogP contribution in [0.25, 0.3) is 0 Å². The summed E-state index contributed by atoms with van der Waals surface area (Å²) in [5, 5.41) is 6.91. The van der Waals surface area contributed by atoms with E-state index in [1.165, 1.54) is 0 Å². The maximum Gasteiger partial charge on any atom is 0.175 e. The van der Waals surface area contributed by atoms with Crippen molar-refractivity contribution in [2.45, 2.75) is 4.90 Å². The van der Waals surface area contributed by atoms with Crippen LogP contribution in [0, 0.1) is 0 Å². The van der Waals surface area contributed by atoms with E-state index in [2.05, 4.69) is 16.7 Å². The average molecular weight is 304 g/mol. The van der Waals surface area contributed by atoms with Crippen LogP contribution in [0.15, 0.2) is 53.4 Å². The highest BCUT2D eigenvalue weighted by Crippen LogP contribution is 2.25. The first kappa shape index (κ1) is 14.7. The monoisotopic (exact) mass is 304 g/mol. The van der Waals surface area contributed by atoms with Gasteiger partial charge in [-0.15, -0.1) is 11.8 Å². The van der Waals surface area contributed by atoms with E-state index >= 15 is 0 Å². The number of thiocarbonyl (C=S) groups is 1. The summed E-state index contributed by atoms with van der Waals surface area (Å²) in [6.45, 7) is 0. The van der Waals surface area contributed by atoms with Gasteiger partial charge in [-0.2, -0.15) is 0 Å². The molecule has 0 aliphatic carbocycles. The molecule has 0 spiro atoms. The van der Waals surface area contributed by atoms with Crippen LogP contribution >= 0.6 is 24.0 Å². The maximum atomic E-state index is 5.33. The maximum absolute atomic E-state index is 5.33. The van der Waals surface area contributed by atoms with E-state index in [0.717, 1.165) is 22.0 Å². The molecule has 0 saturated heterocycles. The van der Waals surface area contributed by atoms with Gasteiger partial charge in [0.25, 0.3) is 0 Å². The zero-order valence-corrected chi connectivity index (χ0v) is 13.0. The fourth-order valence-electron chi connectivity index (χ4n) is 1.73. The van der Waals surface area contributed by atoms with Crippen molar-refractivity contribution in [3.63, 3.8) is 0 Å². The van der Waals surface area contributed by atoms with Crippen molar-refractivity contribution < 1.29 is 4.74 Å². The molecule has 0 heterocycles. The average Bonchev–Trinajstić information content (AvgIpc) is 2.48. The van der Waals surface area contributed by atoms with Crippen molar-refractivity contribution in [3.05, 3.63) is 48.5 Å². The molecular formula is C15H16N2OS2. The first-order chi connectivity index (χ1) is 9.72. The Bertz CT molecular complexity index is 602. The highest BCUT2D eigenvalue weighted by atomic mass is 32.2. The largest absolute Gasteiger partial charge is 0.497 e. The third-order valence-electron chi connectivity index (χ3n) is 2.68. The summed E-state index contributed by atoms with van der Waals surface area (Å²) in [6.07, 6.45) is 2.04. The number of anilines is 2. The minimum Gasteiger partial charge on any atom is -0.497 e. The summed E-state index contributed by atoms with van der Waals surface area (Å²) in [7, 11) is 1.64. The lowest BCUT2D eigenvalue weighted by atomic mass is 10.3. The van der Waals surface area contributed by atoms with Crippen LogP contribution in [0.2, 0.25) is 0 Å². The summed E-state index contributed by atoms with van der Waals surface area (Å²) in [5.41, 5.74) is 1.89. The van der Waals surface area contributed by atoms with Gasteiger partial charge in [0.15, 0.2) is 5.11 Å². The lowest BCUT2D eigenvalue weighted by Gasteiger charge is -2.13. The van der Waals surface area contributed by atoms with Crippen LogP contribution in [0.1, 0.15) is 0 Å². The molecule has 0 aliphatic heterocycles. The third-order valence-corrected chi connectivity index (χ3v) is 3.68. The Balaban J connectivity index is 2.05. The number of hydrogen-bond acceptors (Lipinski definition) is 3. The molecule has 2 aromatic rings. The van der Waals surface area contributed by atoms with Gasteiger partial charge >= 0.3 is 0 Å². The van der Waals surface area contributed by atoms with Crippen molar-refractivity contribution in [3.8, 4) is 5.75 Å². The van der Waals surface area contributed by atoms with Crippen molar-refractivity contribution >= 4 is 40.5 Å². The molecule has 0 aromatic heterocycles. The minimum absolute atomic E-state index is 0.555. The van der Waals surface area contributed by atoms with Gasteiger partial charge in [-0.3, -0.25) is 0 Å². The number of ether oxygens (including phenoxy) is 1. The molecule has 2 rings (SSSR count). The Kier molecular flexibility index (Phi) is 5.26. The Labute approximate surface area is 128 Å². The molecule has 0 aliphatic rings. The summed E-state index contributed by atoms with van der Waals surface area (Å²) in [5.74, 6) is 0.794. The van der Waals surface area contributed by atoms with E-state index in [1.807, 2.05) is 48.7 Å². The lowest BCUT2D eigenvalue weighted by Crippen LogP contribution is -2.19. The second kappa shape index (κ2) is 7.17. The molecule has 20 heavy (non-hydrogen) atoms. The quantitative estimate of drug-likeness (QED) is 0.652. The standard InChI is InChI=1S/C15H16N2OS2/c1-18-12-7-5-6-11(10-12)16-15(19)17-13-8-3-4-9-14(13)20-2/h3-10H,1-2H3,(H2,16,17,19). The van der Waals surface area contributed by atoms with Crippen LogP contribution in [0.3, 0.4) is 0 Å². The van der Waals surface area contributed by atoms with E-state index in [0.29, 0.717) is 5.11 Å². The summed E-state index contributed by atoms with van der Waals surface area (Å²) in [6, 6.07) is 15.7. The molecule has 5 heteroatoms. The molecule has 3 nitrogen and oxygen atoms in total. The Morgan fingerprint density at radius 1 is 1.10 bits per heavy atom.